The van der Waals surface area contributed by atoms with Gasteiger partial charge in [0.25, 0.3) is 0 Å². The molecule has 4 atom stereocenters. The highest BCUT2D eigenvalue weighted by Gasteiger charge is 2.29. The van der Waals surface area contributed by atoms with E-state index in [1.165, 1.54) is 14.0 Å². The number of carbonyl (C=O) groups is 2. The number of ether oxygens (including phenoxy) is 2. The lowest BCUT2D eigenvalue weighted by Crippen LogP contribution is -2.22. The monoisotopic (exact) mass is 390 g/mol. The maximum atomic E-state index is 11.6. The molecule has 0 unspecified atom stereocenters. The van der Waals surface area contributed by atoms with E-state index >= 15 is 0 Å². The van der Waals surface area contributed by atoms with E-state index in [-0.39, 0.29) is 24.9 Å². The van der Waals surface area contributed by atoms with Crippen molar-refractivity contribution in [2.45, 2.75) is 64.8 Å². The van der Waals surface area contributed by atoms with Gasteiger partial charge in [0, 0.05) is 18.9 Å². The number of hydrogen-bond donors (Lipinski definition) is 2. The second-order valence-corrected chi connectivity index (χ2v) is 7.61. The van der Waals surface area contributed by atoms with Crippen LogP contribution in [-0.4, -0.2) is 41.5 Å². The summed E-state index contributed by atoms with van der Waals surface area (Å²) < 4.78 is 10.1. The van der Waals surface area contributed by atoms with E-state index in [0.717, 1.165) is 35.1 Å². The zero-order valence-electron chi connectivity index (χ0n) is 17.0. The van der Waals surface area contributed by atoms with E-state index in [1.54, 1.807) is 6.08 Å². The summed E-state index contributed by atoms with van der Waals surface area (Å²) in [6.45, 7) is 5.53. The molecule has 1 aromatic rings. The molecule has 0 aromatic heterocycles. The normalized spacial score (nSPS) is 21.1. The lowest BCUT2D eigenvalue weighted by Gasteiger charge is -2.31. The molecule has 0 aliphatic heterocycles. The maximum absolute atomic E-state index is 11.6. The van der Waals surface area contributed by atoms with Crippen molar-refractivity contribution in [1.29, 1.82) is 0 Å². The lowest BCUT2D eigenvalue weighted by atomic mass is 9.79. The van der Waals surface area contributed by atoms with Gasteiger partial charge in [-0.25, -0.2) is 0 Å². The number of benzene rings is 1. The number of aliphatic hydroxyl groups excluding tert-OH is 2. The van der Waals surface area contributed by atoms with Gasteiger partial charge in [0.15, 0.2) is 0 Å². The predicted molar refractivity (Wildman–Crippen MR) is 105 cm³/mol. The van der Waals surface area contributed by atoms with Crippen LogP contribution in [0.5, 0.6) is 0 Å². The van der Waals surface area contributed by atoms with Crippen molar-refractivity contribution in [3.63, 3.8) is 0 Å². The Hall–Kier alpha value is -2.18. The van der Waals surface area contributed by atoms with E-state index in [0.29, 0.717) is 5.92 Å². The Bertz CT molecular complexity index is 739. The number of aryl methyl sites for hydroxylation is 1. The zero-order chi connectivity index (χ0) is 20.8. The highest BCUT2D eigenvalue weighted by Crippen LogP contribution is 2.39. The summed E-state index contributed by atoms with van der Waals surface area (Å²) in [7, 11) is 1.26. The number of methoxy groups -OCH3 is 1. The van der Waals surface area contributed by atoms with Gasteiger partial charge in [0.2, 0.25) is 0 Å². The van der Waals surface area contributed by atoms with Crippen LogP contribution < -0.4 is 0 Å². The topological polar surface area (TPSA) is 93.1 Å². The summed E-state index contributed by atoms with van der Waals surface area (Å²) in [5.41, 5.74) is 4.09. The minimum Gasteiger partial charge on any atom is -0.469 e. The summed E-state index contributed by atoms with van der Waals surface area (Å²) in [5.74, 6) is -0.419. The van der Waals surface area contributed by atoms with Gasteiger partial charge >= 0.3 is 11.9 Å². The van der Waals surface area contributed by atoms with Crippen LogP contribution in [-0.2, 0) is 25.5 Å². The molecule has 1 aromatic carbocycles. The van der Waals surface area contributed by atoms with Crippen molar-refractivity contribution in [2.24, 2.45) is 5.92 Å². The minimum absolute atomic E-state index is 0.0318. The summed E-state index contributed by atoms with van der Waals surface area (Å²) in [5, 5.41) is 20.1. The molecule has 0 fully saturated rings. The van der Waals surface area contributed by atoms with Crippen LogP contribution in [0.2, 0.25) is 0 Å². The zero-order valence-corrected chi connectivity index (χ0v) is 17.0. The van der Waals surface area contributed by atoms with Crippen LogP contribution >= 0.6 is 0 Å². The Balaban J connectivity index is 2.23. The summed E-state index contributed by atoms with van der Waals surface area (Å²) in [4.78, 5) is 22.8. The highest BCUT2D eigenvalue weighted by molar-refractivity contribution is 5.69. The number of rotatable bonds is 7. The van der Waals surface area contributed by atoms with Gasteiger partial charge < -0.3 is 19.7 Å². The van der Waals surface area contributed by atoms with E-state index in [2.05, 4.69) is 17.7 Å². The average molecular weight is 390 g/mol. The second kappa shape index (κ2) is 9.85. The molecule has 2 rings (SSSR count). The fourth-order valence-electron chi connectivity index (χ4n) is 3.74. The third-order valence-corrected chi connectivity index (χ3v) is 5.04. The number of aliphatic hydroxyl groups is 2. The summed E-state index contributed by atoms with van der Waals surface area (Å²) in [6.07, 6.45) is 2.76. The standard InChI is InChI=1S/C22H30O6/c1-13-9-16-6-5-14(2)19(22(16)20(10-13)28-15(3)23)8-7-17(24)11-18(25)12-21(26)27-4/h5-8,13,17-18,20,24-25H,9-12H2,1-4H3/b8-7+/t13-,17-,18-,20+/m1/s1. The lowest BCUT2D eigenvalue weighted by molar-refractivity contribution is -0.148. The first-order valence-electron chi connectivity index (χ1n) is 9.62. The molecule has 2 N–H and O–H groups in total. The van der Waals surface area contributed by atoms with Crippen molar-refractivity contribution in [3.05, 3.63) is 40.5 Å². The van der Waals surface area contributed by atoms with Crippen molar-refractivity contribution >= 4 is 18.0 Å². The van der Waals surface area contributed by atoms with E-state index < -0.39 is 18.2 Å². The number of esters is 2. The summed E-state index contributed by atoms with van der Waals surface area (Å²) >= 11 is 0. The largest absolute Gasteiger partial charge is 0.469 e. The Labute approximate surface area is 166 Å². The van der Waals surface area contributed by atoms with E-state index in [1.807, 2.05) is 19.1 Å². The number of fused-ring (bicyclic) bond motifs is 1. The maximum Gasteiger partial charge on any atom is 0.308 e. The Morgan fingerprint density at radius 3 is 2.68 bits per heavy atom. The van der Waals surface area contributed by atoms with E-state index in [9.17, 15) is 19.8 Å². The molecule has 0 radical (unpaired) electrons. The van der Waals surface area contributed by atoms with Crippen molar-refractivity contribution in [3.8, 4) is 0 Å². The van der Waals surface area contributed by atoms with Crippen molar-refractivity contribution in [1.82, 2.24) is 0 Å². The van der Waals surface area contributed by atoms with Crippen molar-refractivity contribution < 1.29 is 29.3 Å². The highest BCUT2D eigenvalue weighted by atomic mass is 16.5. The molecule has 6 nitrogen and oxygen atoms in total. The molecule has 0 heterocycles. The van der Waals surface area contributed by atoms with Gasteiger partial charge in [0.05, 0.1) is 25.7 Å². The molecule has 6 heteroatoms. The molecule has 28 heavy (non-hydrogen) atoms. The van der Waals surface area contributed by atoms with Gasteiger partial charge in [-0.3, -0.25) is 9.59 Å². The average Bonchev–Trinajstić information content (AvgIpc) is 2.60. The van der Waals surface area contributed by atoms with Crippen LogP contribution in [0, 0.1) is 12.8 Å². The molecule has 0 saturated carbocycles. The molecule has 0 spiro atoms. The third-order valence-electron chi connectivity index (χ3n) is 5.04. The molecular formula is C22H30O6. The van der Waals surface area contributed by atoms with Crippen LogP contribution in [0.25, 0.3) is 6.08 Å². The van der Waals surface area contributed by atoms with Crippen molar-refractivity contribution in [2.75, 3.05) is 7.11 Å². The molecule has 1 aliphatic carbocycles. The number of hydrogen-bond acceptors (Lipinski definition) is 6. The quantitative estimate of drug-likeness (QED) is 0.696. The second-order valence-electron chi connectivity index (χ2n) is 7.61. The van der Waals surface area contributed by atoms with Crippen LogP contribution in [0.1, 0.15) is 61.5 Å². The molecule has 0 saturated heterocycles. The van der Waals surface area contributed by atoms with Gasteiger partial charge in [-0.15, -0.1) is 0 Å². The SMILES string of the molecule is COC(=O)C[C@H](O)C[C@H](O)/C=C/c1c(C)ccc2c1[C@@H](OC(C)=O)C[C@H](C)C2. The van der Waals surface area contributed by atoms with E-state index in [4.69, 9.17) is 4.74 Å². The first-order valence-corrected chi connectivity index (χ1v) is 9.62. The van der Waals surface area contributed by atoms with Crippen LogP contribution in [0.3, 0.4) is 0 Å². The molecule has 1 aliphatic rings. The van der Waals surface area contributed by atoms with Gasteiger partial charge in [-0.2, -0.15) is 0 Å². The number of carbonyl (C=O) groups excluding carboxylic acids is 2. The Morgan fingerprint density at radius 1 is 1.32 bits per heavy atom. The fraction of sp³-hybridized carbons (Fsp3) is 0.545. The Kier molecular flexibility index (Phi) is 7.78. The van der Waals surface area contributed by atoms with Crippen LogP contribution in [0.15, 0.2) is 18.2 Å². The predicted octanol–water partition coefficient (Wildman–Crippen LogP) is 2.87. The smallest absolute Gasteiger partial charge is 0.308 e. The molecule has 0 bridgehead atoms. The Morgan fingerprint density at radius 2 is 2.04 bits per heavy atom. The van der Waals surface area contributed by atoms with Gasteiger partial charge in [-0.05, 0) is 42.4 Å². The fourth-order valence-corrected chi connectivity index (χ4v) is 3.74. The first kappa shape index (κ1) is 22.1. The molecule has 0 amide bonds. The molecule has 154 valence electrons. The first-order chi connectivity index (χ1) is 13.2. The third kappa shape index (κ3) is 5.91. The van der Waals surface area contributed by atoms with Gasteiger partial charge in [0.1, 0.15) is 6.10 Å². The summed E-state index contributed by atoms with van der Waals surface area (Å²) in [6, 6.07) is 4.10. The minimum atomic E-state index is -0.979. The van der Waals surface area contributed by atoms with Gasteiger partial charge in [-0.1, -0.05) is 31.2 Å². The molecular weight excluding hydrogens is 360 g/mol. The van der Waals surface area contributed by atoms with Crippen LogP contribution in [0.4, 0.5) is 0 Å².